The molecule has 0 fully saturated rings. The molecule has 0 radical (unpaired) electrons. The van der Waals surface area contributed by atoms with E-state index in [-0.39, 0.29) is 11.4 Å². The fraction of sp³-hybridized carbons (Fsp3) is 0.333. The summed E-state index contributed by atoms with van der Waals surface area (Å²) in [6.07, 6.45) is -0.841. The van der Waals surface area contributed by atoms with E-state index in [0.29, 0.717) is 5.56 Å². The number of hydrazone groups is 1. The number of nitrogens with one attached hydrogen (secondary N) is 1. The van der Waals surface area contributed by atoms with Gasteiger partial charge in [0.1, 0.15) is 5.92 Å². The molecule has 2 atom stereocenters. The van der Waals surface area contributed by atoms with Crippen molar-refractivity contribution in [2.24, 2.45) is 11.0 Å². The van der Waals surface area contributed by atoms with Gasteiger partial charge in [-0.2, -0.15) is 10.4 Å². The van der Waals surface area contributed by atoms with E-state index in [1.54, 1.807) is 0 Å². The fourth-order valence-corrected chi connectivity index (χ4v) is 2.07. The molecule has 1 N–H and O–H groups in total. The minimum atomic E-state index is -1.12. The van der Waals surface area contributed by atoms with Gasteiger partial charge in [0.15, 0.2) is 0 Å². The first-order valence-electron chi connectivity index (χ1n) is 6.95. The largest absolute Gasteiger partial charge is 0.468 e. The molecule has 0 spiro atoms. The maximum atomic E-state index is 12.1. The minimum Gasteiger partial charge on any atom is -0.468 e. The first-order valence-corrected chi connectivity index (χ1v) is 6.95. The highest BCUT2D eigenvalue weighted by Gasteiger charge is 2.34. The zero-order chi connectivity index (χ0) is 19.0. The maximum Gasteiger partial charge on any atom is 0.427 e. The van der Waals surface area contributed by atoms with Gasteiger partial charge >= 0.3 is 12.1 Å². The van der Waals surface area contributed by atoms with Crippen molar-refractivity contribution in [1.29, 1.82) is 5.26 Å². The summed E-state index contributed by atoms with van der Waals surface area (Å²) in [5.41, 5.74) is 2.41. The van der Waals surface area contributed by atoms with Gasteiger partial charge in [-0.25, -0.2) is 10.2 Å². The van der Waals surface area contributed by atoms with Crippen LogP contribution in [0.15, 0.2) is 29.4 Å². The molecule has 1 rings (SSSR count). The Hall–Kier alpha value is -3.48. The predicted octanol–water partition coefficient (Wildman–Crippen LogP) is 1.72. The summed E-state index contributed by atoms with van der Waals surface area (Å²) in [5.74, 6) is -2.87. The quantitative estimate of drug-likeness (QED) is 0.356. The van der Waals surface area contributed by atoms with Crippen LogP contribution in [0.5, 0.6) is 0 Å². The monoisotopic (exact) mass is 348 g/mol. The number of nitro benzene ring substituents is 1. The summed E-state index contributed by atoms with van der Waals surface area (Å²) >= 11 is 0. The molecule has 0 bridgehead atoms. The average Bonchev–Trinajstić information content (AvgIpc) is 2.63. The highest BCUT2D eigenvalue weighted by molar-refractivity contribution is 6.02. The van der Waals surface area contributed by atoms with E-state index in [9.17, 15) is 25.0 Å². The number of non-ortho nitro benzene ring substituents is 1. The summed E-state index contributed by atoms with van der Waals surface area (Å²) in [6.45, 7) is 1.44. The SMILES string of the molecule is COC(=O)N/N=C(\C)C(C(=O)OC)C(C#N)c1ccc([N+](=O)[O-])cc1. The zero-order valence-corrected chi connectivity index (χ0v) is 13.8. The number of amides is 1. The molecule has 1 aromatic rings. The van der Waals surface area contributed by atoms with Crippen LogP contribution in [0.2, 0.25) is 0 Å². The Morgan fingerprint density at radius 2 is 1.88 bits per heavy atom. The van der Waals surface area contributed by atoms with Crippen LogP contribution >= 0.6 is 0 Å². The van der Waals surface area contributed by atoms with Gasteiger partial charge in [0.25, 0.3) is 5.69 Å². The molecular weight excluding hydrogens is 332 g/mol. The van der Waals surface area contributed by atoms with Crippen LogP contribution in [0, 0.1) is 27.4 Å². The van der Waals surface area contributed by atoms with Crippen molar-refractivity contribution in [3.63, 3.8) is 0 Å². The average molecular weight is 348 g/mol. The molecular formula is C15H16N4O6. The van der Waals surface area contributed by atoms with Crippen molar-refractivity contribution in [3.8, 4) is 6.07 Å². The number of benzene rings is 1. The molecule has 0 aromatic heterocycles. The van der Waals surface area contributed by atoms with Crippen LogP contribution in [0.3, 0.4) is 0 Å². The lowest BCUT2D eigenvalue weighted by Gasteiger charge is -2.20. The Bertz CT molecular complexity index is 723. The number of carbonyl (C=O) groups is 2. The lowest BCUT2D eigenvalue weighted by Crippen LogP contribution is -2.31. The summed E-state index contributed by atoms with van der Waals surface area (Å²) < 4.78 is 9.08. The molecule has 10 nitrogen and oxygen atoms in total. The van der Waals surface area contributed by atoms with Crippen molar-refractivity contribution >= 4 is 23.5 Å². The van der Waals surface area contributed by atoms with E-state index < -0.39 is 28.8 Å². The zero-order valence-electron chi connectivity index (χ0n) is 13.8. The number of carbonyl (C=O) groups excluding carboxylic acids is 2. The summed E-state index contributed by atoms with van der Waals surface area (Å²) in [4.78, 5) is 33.4. The van der Waals surface area contributed by atoms with Crippen LogP contribution in [-0.4, -0.2) is 36.9 Å². The van der Waals surface area contributed by atoms with Gasteiger partial charge < -0.3 is 9.47 Å². The number of methoxy groups -OCH3 is 2. The molecule has 0 saturated heterocycles. The summed E-state index contributed by atoms with van der Waals surface area (Å²) in [7, 11) is 2.30. The molecule has 2 unspecified atom stereocenters. The lowest BCUT2D eigenvalue weighted by molar-refractivity contribution is -0.384. The molecule has 25 heavy (non-hydrogen) atoms. The number of nitrogens with zero attached hydrogens (tertiary/aromatic N) is 3. The second kappa shape index (κ2) is 8.97. The number of ether oxygens (including phenoxy) is 2. The van der Waals surface area contributed by atoms with E-state index in [2.05, 4.69) is 15.3 Å². The van der Waals surface area contributed by atoms with Gasteiger partial charge in [-0.05, 0) is 12.5 Å². The highest BCUT2D eigenvalue weighted by atomic mass is 16.6. The van der Waals surface area contributed by atoms with Gasteiger partial charge in [-0.1, -0.05) is 12.1 Å². The Balaban J connectivity index is 3.22. The van der Waals surface area contributed by atoms with Crippen LogP contribution in [0.25, 0.3) is 0 Å². The summed E-state index contributed by atoms with van der Waals surface area (Å²) in [5, 5.41) is 23.9. The van der Waals surface area contributed by atoms with Crippen LogP contribution in [-0.2, 0) is 14.3 Å². The van der Waals surface area contributed by atoms with Crippen molar-refractivity contribution < 1.29 is 24.0 Å². The third-order valence-corrected chi connectivity index (χ3v) is 3.35. The number of esters is 1. The molecule has 0 aliphatic heterocycles. The molecule has 1 amide bonds. The van der Waals surface area contributed by atoms with E-state index in [4.69, 9.17) is 4.74 Å². The van der Waals surface area contributed by atoms with Crippen molar-refractivity contribution in [2.45, 2.75) is 12.8 Å². The van der Waals surface area contributed by atoms with Crippen molar-refractivity contribution in [2.75, 3.05) is 14.2 Å². The Morgan fingerprint density at radius 1 is 1.28 bits per heavy atom. The van der Waals surface area contributed by atoms with Gasteiger partial charge in [-0.15, -0.1) is 0 Å². The van der Waals surface area contributed by atoms with E-state index in [1.165, 1.54) is 31.2 Å². The lowest BCUT2D eigenvalue weighted by atomic mass is 9.84. The Kier molecular flexibility index (Phi) is 7.02. The van der Waals surface area contributed by atoms with E-state index >= 15 is 0 Å². The topological polar surface area (TPSA) is 144 Å². The van der Waals surface area contributed by atoms with Crippen LogP contribution < -0.4 is 5.43 Å². The van der Waals surface area contributed by atoms with Gasteiger partial charge in [0, 0.05) is 12.1 Å². The van der Waals surface area contributed by atoms with E-state index in [1.807, 2.05) is 6.07 Å². The van der Waals surface area contributed by atoms with Crippen molar-refractivity contribution in [3.05, 3.63) is 39.9 Å². The fourth-order valence-electron chi connectivity index (χ4n) is 2.07. The Labute approximate surface area is 143 Å². The van der Waals surface area contributed by atoms with Crippen molar-refractivity contribution in [1.82, 2.24) is 5.43 Å². The normalized spacial score (nSPS) is 13.1. The predicted molar refractivity (Wildman–Crippen MR) is 85.6 cm³/mol. The van der Waals surface area contributed by atoms with E-state index in [0.717, 1.165) is 14.2 Å². The molecule has 0 heterocycles. The first-order chi connectivity index (χ1) is 11.8. The number of nitro groups is 1. The maximum absolute atomic E-state index is 12.1. The molecule has 132 valence electrons. The van der Waals surface area contributed by atoms with Gasteiger partial charge in [0.2, 0.25) is 0 Å². The molecule has 1 aromatic carbocycles. The smallest absolute Gasteiger partial charge is 0.427 e. The standard InChI is InChI=1S/C15H16N4O6/c1-9(17-18-15(21)25-3)13(14(20)24-2)12(8-16)10-4-6-11(7-5-10)19(22)23/h4-7,12-13H,1-3H3,(H,18,21)/b17-9+. The molecule has 0 aliphatic rings. The third-order valence-electron chi connectivity index (χ3n) is 3.35. The Morgan fingerprint density at radius 3 is 2.32 bits per heavy atom. The summed E-state index contributed by atoms with van der Waals surface area (Å²) in [6, 6.07) is 7.18. The highest BCUT2D eigenvalue weighted by Crippen LogP contribution is 2.28. The van der Waals surface area contributed by atoms with Crippen LogP contribution in [0.1, 0.15) is 18.4 Å². The number of rotatable bonds is 6. The number of nitriles is 1. The molecule has 0 saturated carbocycles. The molecule has 10 heteroatoms. The second-order valence-corrected chi connectivity index (χ2v) is 4.81. The first kappa shape index (κ1) is 19.6. The number of hydrogen-bond acceptors (Lipinski definition) is 8. The van der Waals surface area contributed by atoms with Gasteiger partial charge in [-0.3, -0.25) is 14.9 Å². The number of hydrogen-bond donors (Lipinski definition) is 1. The van der Waals surface area contributed by atoms with Crippen LogP contribution in [0.4, 0.5) is 10.5 Å². The molecule has 0 aliphatic carbocycles. The third kappa shape index (κ3) is 5.00. The second-order valence-electron chi connectivity index (χ2n) is 4.81. The minimum absolute atomic E-state index is 0.113. The van der Waals surface area contributed by atoms with Gasteiger partial charge in [0.05, 0.1) is 36.8 Å².